The number of hydrogen-bond acceptors (Lipinski definition) is 4. The van der Waals surface area contributed by atoms with Gasteiger partial charge in [0, 0.05) is 17.0 Å². The van der Waals surface area contributed by atoms with E-state index in [0.29, 0.717) is 0 Å². The second-order valence-electron chi connectivity index (χ2n) is 6.36. The van der Waals surface area contributed by atoms with Crippen LogP contribution >= 0.6 is 0 Å². The van der Waals surface area contributed by atoms with Crippen LogP contribution in [0.4, 0.5) is 0 Å². The molecule has 1 N–H and O–H groups in total. The molecule has 1 saturated heterocycles. The first kappa shape index (κ1) is 14.7. The summed E-state index contributed by atoms with van der Waals surface area (Å²) in [5.41, 5.74) is 0.907. The maximum Gasteiger partial charge on any atom is 0.122 e. The van der Waals surface area contributed by atoms with Gasteiger partial charge in [0.1, 0.15) is 11.5 Å². The highest BCUT2D eigenvalue weighted by Gasteiger charge is 2.51. The quantitative estimate of drug-likeness (QED) is 0.927. The van der Waals surface area contributed by atoms with Gasteiger partial charge in [0.25, 0.3) is 0 Å². The Morgan fingerprint density at radius 1 is 1.24 bits per heavy atom. The molecule has 2 fully saturated rings. The SMILES string of the molecule is COc1ccc(OC)c(C23CCCC(C2O)N(C)CC3)c1. The lowest BCUT2D eigenvalue weighted by atomic mass is 9.61. The van der Waals surface area contributed by atoms with Crippen LogP contribution in [0.3, 0.4) is 0 Å². The molecule has 1 aliphatic heterocycles. The number of benzene rings is 1. The summed E-state index contributed by atoms with van der Waals surface area (Å²) in [7, 11) is 5.49. The molecule has 0 aromatic heterocycles. The largest absolute Gasteiger partial charge is 0.497 e. The summed E-state index contributed by atoms with van der Waals surface area (Å²) in [5, 5.41) is 11.0. The summed E-state index contributed by atoms with van der Waals surface area (Å²) >= 11 is 0. The third-order valence-corrected chi connectivity index (χ3v) is 5.47. The molecule has 1 heterocycles. The minimum absolute atomic E-state index is 0.199. The number of aliphatic hydroxyl groups is 1. The van der Waals surface area contributed by atoms with Crippen molar-refractivity contribution in [1.82, 2.24) is 4.90 Å². The molecule has 1 aromatic carbocycles. The van der Waals surface area contributed by atoms with Crippen LogP contribution in [-0.2, 0) is 5.41 Å². The monoisotopic (exact) mass is 291 g/mol. The Bertz CT molecular complexity index is 519. The topological polar surface area (TPSA) is 41.9 Å². The molecule has 3 unspecified atom stereocenters. The van der Waals surface area contributed by atoms with Crippen molar-refractivity contribution in [2.24, 2.45) is 0 Å². The van der Waals surface area contributed by atoms with Crippen molar-refractivity contribution in [1.29, 1.82) is 0 Å². The predicted octanol–water partition coefficient (Wildman–Crippen LogP) is 2.19. The first-order valence-electron chi connectivity index (χ1n) is 7.73. The highest BCUT2D eigenvalue weighted by molar-refractivity contribution is 5.47. The van der Waals surface area contributed by atoms with Crippen molar-refractivity contribution in [2.45, 2.75) is 43.2 Å². The minimum atomic E-state index is -0.342. The van der Waals surface area contributed by atoms with Crippen LogP contribution in [0.25, 0.3) is 0 Å². The van der Waals surface area contributed by atoms with Gasteiger partial charge in [0.2, 0.25) is 0 Å². The number of hydrogen-bond donors (Lipinski definition) is 1. The third kappa shape index (κ3) is 2.21. The summed E-state index contributed by atoms with van der Waals surface area (Å²) in [5.74, 6) is 1.69. The Morgan fingerprint density at radius 3 is 2.76 bits per heavy atom. The van der Waals surface area contributed by atoms with Gasteiger partial charge in [-0.15, -0.1) is 0 Å². The van der Waals surface area contributed by atoms with E-state index in [1.54, 1.807) is 14.2 Å². The Balaban J connectivity index is 2.08. The summed E-state index contributed by atoms with van der Waals surface area (Å²) < 4.78 is 11.0. The molecule has 116 valence electrons. The normalized spacial score (nSPS) is 32.8. The molecule has 2 aliphatic rings. The number of nitrogens with zero attached hydrogens (tertiary/aromatic N) is 1. The molecule has 0 spiro atoms. The zero-order valence-electron chi connectivity index (χ0n) is 13.1. The fourth-order valence-corrected chi connectivity index (χ4v) is 4.21. The summed E-state index contributed by atoms with van der Waals surface area (Å²) in [6.07, 6.45) is 3.86. The lowest BCUT2D eigenvalue weighted by Crippen LogP contribution is -2.61. The summed E-state index contributed by atoms with van der Waals surface area (Å²) in [4.78, 5) is 2.30. The van der Waals surface area contributed by atoms with Crippen LogP contribution in [0, 0.1) is 0 Å². The number of piperidine rings is 1. The maximum absolute atomic E-state index is 11.0. The van der Waals surface area contributed by atoms with E-state index in [0.717, 1.165) is 49.3 Å². The number of fused-ring (bicyclic) bond motifs is 2. The number of methoxy groups -OCH3 is 2. The van der Waals surface area contributed by atoms with Crippen LogP contribution in [0.1, 0.15) is 31.2 Å². The molecule has 1 aromatic rings. The highest BCUT2D eigenvalue weighted by atomic mass is 16.5. The Hall–Kier alpha value is -1.26. The zero-order chi connectivity index (χ0) is 15.0. The maximum atomic E-state index is 11.0. The summed E-state index contributed by atoms with van der Waals surface area (Å²) in [6, 6.07) is 6.18. The van der Waals surface area contributed by atoms with E-state index in [9.17, 15) is 5.11 Å². The van der Waals surface area contributed by atoms with Gasteiger partial charge in [-0.05, 0) is 51.1 Å². The van der Waals surface area contributed by atoms with Gasteiger partial charge in [0.05, 0.1) is 20.3 Å². The molecule has 0 radical (unpaired) electrons. The smallest absolute Gasteiger partial charge is 0.122 e. The second kappa shape index (κ2) is 5.50. The van der Waals surface area contributed by atoms with E-state index in [2.05, 4.69) is 18.0 Å². The van der Waals surface area contributed by atoms with Gasteiger partial charge < -0.3 is 19.5 Å². The fourth-order valence-electron chi connectivity index (χ4n) is 4.21. The average Bonchev–Trinajstić information content (AvgIpc) is 2.51. The minimum Gasteiger partial charge on any atom is -0.497 e. The van der Waals surface area contributed by atoms with Gasteiger partial charge in [-0.25, -0.2) is 0 Å². The molecule has 1 aliphatic carbocycles. The molecular weight excluding hydrogens is 266 g/mol. The first-order chi connectivity index (χ1) is 10.1. The van der Waals surface area contributed by atoms with E-state index < -0.39 is 0 Å². The van der Waals surface area contributed by atoms with Crippen molar-refractivity contribution < 1.29 is 14.6 Å². The number of aliphatic hydroxyl groups excluding tert-OH is 1. The van der Waals surface area contributed by atoms with Crippen molar-refractivity contribution >= 4 is 0 Å². The average molecular weight is 291 g/mol. The van der Waals surface area contributed by atoms with Gasteiger partial charge in [-0.2, -0.15) is 0 Å². The van der Waals surface area contributed by atoms with Crippen LogP contribution in [0.2, 0.25) is 0 Å². The molecule has 21 heavy (non-hydrogen) atoms. The predicted molar refractivity (Wildman–Crippen MR) is 82.1 cm³/mol. The third-order valence-electron chi connectivity index (χ3n) is 5.47. The van der Waals surface area contributed by atoms with Crippen molar-refractivity contribution in [3.05, 3.63) is 23.8 Å². The number of ether oxygens (including phenoxy) is 2. The van der Waals surface area contributed by atoms with Gasteiger partial charge >= 0.3 is 0 Å². The Morgan fingerprint density at radius 2 is 2.05 bits per heavy atom. The molecule has 1 saturated carbocycles. The first-order valence-corrected chi connectivity index (χ1v) is 7.73. The van der Waals surface area contributed by atoms with E-state index in [-0.39, 0.29) is 17.6 Å². The molecule has 3 rings (SSSR count). The number of rotatable bonds is 3. The lowest BCUT2D eigenvalue weighted by molar-refractivity contribution is -0.0680. The molecule has 4 heteroatoms. The van der Waals surface area contributed by atoms with Crippen LogP contribution in [0.15, 0.2) is 18.2 Å². The van der Waals surface area contributed by atoms with Crippen molar-refractivity contribution in [2.75, 3.05) is 27.8 Å². The molecule has 4 nitrogen and oxygen atoms in total. The van der Waals surface area contributed by atoms with Crippen LogP contribution in [0.5, 0.6) is 11.5 Å². The molecule has 2 bridgehead atoms. The molecule has 0 amide bonds. The number of likely N-dealkylation sites (tertiary alicyclic amines) is 1. The Labute approximate surface area is 126 Å². The second-order valence-corrected chi connectivity index (χ2v) is 6.36. The van der Waals surface area contributed by atoms with Crippen LogP contribution < -0.4 is 9.47 Å². The van der Waals surface area contributed by atoms with E-state index in [1.165, 1.54) is 0 Å². The highest BCUT2D eigenvalue weighted by Crippen LogP contribution is 2.50. The van der Waals surface area contributed by atoms with Gasteiger partial charge in [-0.3, -0.25) is 0 Å². The van der Waals surface area contributed by atoms with E-state index in [4.69, 9.17) is 9.47 Å². The van der Waals surface area contributed by atoms with Crippen molar-refractivity contribution in [3.63, 3.8) is 0 Å². The summed E-state index contributed by atoms with van der Waals surface area (Å²) in [6.45, 7) is 1.02. The van der Waals surface area contributed by atoms with Crippen LogP contribution in [-0.4, -0.2) is 50.0 Å². The zero-order valence-corrected chi connectivity index (χ0v) is 13.1. The lowest BCUT2D eigenvalue weighted by Gasteiger charge is -2.53. The standard InChI is InChI=1S/C17H25NO3/c1-18-10-9-17(8-4-5-14(18)16(17)19)13-11-12(20-2)6-7-15(13)21-3/h6-7,11,14,16,19H,4-5,8-10H2,1-3H3. The van der Waals surface area contributed by atoms with Crippen molar-refractivity contribution in [3.8, 4) is 11.5 Å². The molecular formula is C17H25NO3. The fraction of sp³-hybridized carbons (Fsp3) is 0.647. The molecule has 3 atom stereocenters. The number of likely N-dealkylation sites (N-methyl/N-ethyl adjacent to an activating group) is 1. The van der Waals surface area contributed by atoms with E-state index in [1.807, 2.05) is 12.1 Å². The van der Waals surface area contributed by atoms with Gasteiger partial charge in [0.15, 0.2) is 0 Å². The Kier molecular flexibility index (Phi) is 3.84. The van der Waals surface area contributed by atoms with E-state index >= 15 is 0 Å². The van der Waals surface area contributed by atoms with Gasteiger partial charge in [-0.1, -0.05) is 6.42 Å².